The fourth-order valence-corrected chi connectivity index (χ4v) is 1.98. The largest absolute Gasteiger partial charge is 0.493 e. The maximum absolute atomic E-state index is 5.93. The van der Waals surface area contributed by atoms with Crippen molar-refractivity contribution < 1.29 is 4.74 Å². The van der Waals surface area contributed by atoms with Gasteiger partial charge in [0.15, 0.2) is 0 Å². The van der Waals surface area contributed by atoms with Crippen molar-refractivity contribution in [3.63, 3.8) is 0 Å². The van der Waals surface area contributed by atoms with E-state index in [2.05, 4.69) is 24.3 Å². The Morgan fingerprint density at radius 3 is 2.61 bits per heavy atom. The zero-order valence-corrected chi connectivity index (χ0v) is 10.9. The summed E-state index contributed by atoms with van der Waals surface area (Å²) in [5, 5.41) is 0. The van der Waals surface area contributed by atoms with Crippen LogP contribution in [0, 0.1) is 0 Å². The van der Waals surface area contributed by atoms with E-state index in [0.29, 0.717) is 6.61 Å². The third-order valence-corrected chi connectivity index (χ3v) is 2.91. The van der Waals surface area contributed by atoms with E-state index in [1.165, 1.54) is 0 Å². The van der Waals surface area contributed by atoms with Crippen molar-refractivity contribution in [2.75, 3.05) is 6.61 Å². The third-order valence-electron chi connectivity index (χ3n) is 2.91. The van der Waals surface area contributed by atoms with Gasteiger partial charge >= 0.3 is 0 Å². The molecule has 0 bridgehead atoms. The van der Waals surface area contributed by atoms with Crippen LogP contribution in [0.25, 0.3) is 11.1 Å². The topological polar surface area (TPSA) is 35.2 Å². The van der Waals surface area contributed by atoms with Crippen molar-refractivity contribution in [1.29, 1.82) is 0 Å². The summed E-state index contributed by atoms with van der Waals surface area (Å²) in [5.74, 6) is 0.918. The molecule has 18 heavy (non-hydrogen) atoms. The summed E-state index contributed by atoms with van der Waals surface area (Å²) < 4.78 is 5.66. The van der Waals surface area contributed by atoms with Crippen molar-refractivity contribution in [1.82, 2.24) is 0 Å². The number of hydrogen-bond donors (Lipinski definition) is 1. The average Bonchev–Trinajstić information content (AvgIpc) is 2.40. The predicted molar refractivity (Wildman–Crippen MR) is 75.6 cm³/mol. The summed E-state index contributed by atoms with van der Waals surface area (Å²) in [6.07, 6.45) is 0. The van der Waals surface area contributed by atoms with Crippen molar-refractivity contribution >= 4 is 0 Å². The van der Waals surface area contributed by atoms with Crippen LogP contribution in [0.15, 0.2) is 48.5 Å². The maximum Gasteiger partial charge on any atom is 0.127 e. The first-order valence-corrected chi connectivity index (χ1v) is 6.30. The van der Waals surface area contributed by atoms with E-state index in [9.17, 15) is 0 Å². The summed E-state index contributed by atoms with van der Waals surface area (Å²) in [4.78, 5) is 0. The lowest BCUT2D eigenvalue weighted by atomic mass is 10.00. The molecule has 2 heteroatoms. The fraction of sp³-hybridized carbons (Fsp3) is 0.250. The summed E-state index contributed by atoms with van der Waals surface area (Å²) >= 11 is 0. The predicted octanol–water partition coefficient (Wildman–Crippen LogP) is 3.77. The van der Waals surface area contributed by atoms with E-state index in [1.54, 1.807) is 0 Å². The molecule has 1 atom stereocenters. The Morgan fingerprint density at radius 2 is 1.89 bits per heavy atom. The van der Waals surface area contributed by atoms with Gasteiger partial charge in [-0.25, -0.2) is 0 Å². The van der Waals surface area contributed by atoms with Crippen molar-refractivity contribution in [2.24, 2.45) is 5.73 Å². The fourth-order valence-electron chi connectivity index (χ4n) is 1.98. The van der Waals surface area contributed by atoms with E-state index in [4.69, 9.17) is 10.5 Å². The molecule has 0 fully saturated rings. The van der Waals surface area contributed by atoms with Gasteiger partial charge in [0.1, 0.15) is 5.75 Å². The molecule has 0 amide bonds. The molecule has 0 aromatic heterocycles. The molecule has 2 N–H and O–H groups in total. The van der Waals surface area contributed by atoms with Crippen molar-refractivity contribution in [3.05, 3.63) is 54.1 Å². The van der Waals surface area contributed by atoms with Gasteiger partial charge in [-0.1, -0.05) is 36.4 Å². The number of ether oxygens (including phenoxy) is 1. The number of hydrogen-bond acceptors (Lipinski definition) is 2. The molecule has 94 valence electrons. The average molecular weight is 241 g/mol. The number of benzene rings is 2. The van der Waals surface area contributed by atoms with Gasteiger partial charge in [-0.2, -0.15) is 0 Å². The Labute approximate surface area is 108 Å². The molecule has 1 unspecified atom stereocenters. The molecule has 0 radical (unpaired) electrons. The van der Waals surface area contributed by atoms with E-state index >= 15 is 0 Å². The van der Waals surface area contributed by atoms with Crippen molar-refractivity contribution in [3.8, 4) is 16.9 Å². The zero-order valence-electron chi connectivity index (χ0n) is 10.9. The monoisotopic (exact) mass is 241 g/mol. The van der Waals surface area contributed by atoms with Gasteiger partial charge in [-0.05, 0) is 37.1 Å². The van der Waals surface area contributed by atoms with Gasteiger partial charge in [0.05, 0.1) is 6.61 Å². The lowest BCUT2D eigenvalue weighted by molar-refractivity contribution is 0.341. The van der Waals surface area contributed by atoms with Gasteiger partial charge in [-0.3, -0.25) is 0 Å². The molecule has 0 saturated heterocycles. The van der Waals surface area contributed by atoms with Gasteiger partial charge < -0.3 is 10.5 Å². The van der Waals surface area contributed by atoms with Gasteiger partial charge in [0, 0.05) is 11.6 Å². The van der Waals surface area contributed by atoms with Crippen LogP contribution in [0.4, 0.5) is 0 Å². The van der Waals surface area contributed by atoms with E-state index < -0.39 is 0 Å². The first-order valence-electron chi connectivity index (χ1n) is 6.30. The molecular weight excluding hydrogens is 222 g/mol. The third kappa shape index (κ3) is 2.71. The number of rotatable bonds is 4. The van der Waals surface area contributed by atoms with Crippen LogP contribution in [0.1, 0.15) is 25.5 Å². The van der Waals surface area contributed by atoms with Crippen LogP contribution in [-0.4, -0.2) is 6.61 Å². The molecule has 0 saturated carbocycles. The highest BCUT2D eigenvalue weighted by atomic mass is 16.5. The Kier molecular flexibility index (Phi) is 4.00. The SMILES string of the molecule is CCOc1ccccc1-c1cccc(C(C)N)c1. The summed E-state index contributed by atoms with van der Waals surface area (Å²) in [6.45, 7) is 4.66. The Bertz CT molecular complexity index is 520. The standard InChI is InChI=1S/C16H19NO/c1-3-18-16-10-5-4-9-15(16)14-8-6-7-13(11-14)12(2)17/h4-12H,3,17H2,1-2H3. The highest BCUT2D eigenvalue weighted by Crippen LogP contribution is 2.30. The first kappa shape index (κ1) is 12.7. The van der Waals surface area contributed by atoms with E-state index in [-0.39, 0.29) is 6.04 Å². The molecule has 0 aliphatic heterocycles. The number of para-hydroxylation sites is 1. The summed E-state index contributed by atoms with van der Waals surface area (Å²) in [5.41, 5.74) is 9.32. The summed E-state index contributed by atoms with van der Waals surface area (Å²) in [7, 11) is 0. The normalized spacial score (nSPS) is 12.2. The molecule has 0 heterocycles. The van der Waals surface area contributed by atoms with Gasteiger partial charge in [0.2, 0.25) is 0 Å². The highest BCUT2D eigenvalue weighted by Gasteiger charge is 2.07. The zero-order chi connectivity index (χ0) is 13.0. The van der Waals surface area contributed by atoms with Crippen LogP contribution < -0.4 is 10.5 Å². The van der Waals surface area contributed by atoms with Crippen LogP contribution in [0.3, 0.4) is 0 Å². The summed E-state index contributed by atoms with van der Waals surface area (Å²) in [6, 6.07) is 16.4. The van der Waals surface area contributed by atoms with Crippen molar-refractivity contribution in [2.45, 2.75) is 19.9 Å². The molecule has 2 aromatic rings. The first-order chi connectivity index (χ1) is 8.72. The molecular formula is C16H19NO. The molecule has 2 aromatic carbocycles. The lowest BCUT2D eigenvalue weighted by Crippen LogP contribution is -2.04. The van der Waals surface area contributed by atoms with E-state index in [0.717, 1.165) is 22.4 Å². The second kappa shape index (κ2) is 5.69. The van der Waals surface area contributed by atoms with Crippen LogP contribution >= 0.6 is 0 Å². The van der Waals surface area contributed by atoms with Crippen LogP contribution in [0.2, 0.25) is 0 Å². The second-order valence-corrected chi connectivity index (χ2v) is 4.34. The van der Waals surface area contributed by atoms with Gasteiger partial charge in [-0.15, -0.1) is 0 Å². The molecule has 0 aliphatic carbocycles. The molecule has 0 aliphatic rings. The smallest absolute Gasteiger partial charge is 0.127 e. The quantitative estimate of drug-likeness (QED) is 0.884. The number of nitrogens with two attached hydrogens (primary N) is 1. The molecule has 2 nitrogen and oxygen atoms in total. The Balaban J connectivity index is 2.45. The lowest BCUT2D eigenvalue weighted by Gasteiger charge is -2.12. The second-order valence-electron chi connectivity index (χ2n) is 4.34. The Morgan fingerprint density at radius 1 is 1.11 bits per heavy atom. The van der Waals surface area contributed by atoms with Gasteiger partial charge in [0.25, 0.3) is 0 Å². The minimum atomic E-state index is 0.0456. The van der Waals surface area contributed by atoms with Crippen LogP contribution in [0.5, 0.6) is 5.75 Å². The maximum atomic E-state index is 5.93. The van der Waals surface area contributed by atoms with Crippen LogP contribution in [-0.2, 0) is 0 Å². The Hall–Kier alpha value is -1.80. The molecule has 2 rings (SSSR count). The molecule has 0 spiro atoms. The highest BCUT2D eigenvalue weighted by molar-refractivity contribution is 5.71. The minimum Gasteiger partial charge on any atom is -0.493 e. The van der Waals surface area contributed by atoms with E-state index in [1.807, 2.05) is 38.1 Å². The minimum absolute atomic E-state index is 0.0456.